The molecule has 2 heterocycles. The van der Waals surface area contributed by atoms with Crippen molar-refractivity contribution in [1.82, 2.24) is 5.32 Å². The second-order valence-electron chi connectivity index (χ2n) is 5.65. The number of thiophene rings is 2. The first kappa shape index (κ1) is 16.7. The molecule has 0 aromatic carbocycles. The molecule has 0 saturated heterocycles. The lowest BCUT2D eigenvalue weighted by atomic mass is 10.0. The van der Waals surface area contributed by atoms with Crippen LogP contribution in [0.15, 0.2) is 35.0 Å². The number of unbranched alkanes of at least 4 members (excludes halogenated alkanes) is 1. The van der Waals surface area contributed by atoms with Crippen molar-refractivity contribution in [3.63, 3.8) is 0 Å². The summed E-state index contributed by atoms with van der Waals surface area (Å²) in [4.78, 5) is 2.95. The number of hydrogen-bond donors (Lipinski definition) is 1. The molecule has 0 saturated carbocycles. The van der Waals surface area contributed by atoms with Crippen molar-refractivity contribution in [2.24, 2.45) is 0 Å². The molecule has 0 bridgehead atoms. The summed E-state index contributed by atoms with van der Waals surface area (Å²) in [6.45, 7) is 4.57. The van der Waals surface area contributed by atoms with Gasteiger partial charge in [0.05, 0.1) is 0 Å². The first-order chi connectivity index (χ1) is 10.3. The van der Waals surface area contributed by atoms with Gasteiger partial charge in [0.1, 0.15) is 0 Å². The van der Waals surface area contributed by atoms with Gasteiger partial charge in [0.2, 0.25) is 0 Å². The van der Waals surface area contributed by atoms with E-state index < -0.39 is 0 Å². The van der Waals surface area contributed by atoms with Crippen LogP contribution in [0.25, 0.3) is 0 Å². The number of rotatable bonds is 10. The normalized spacial score (nSPS) is 14.2. The Kier molecular flexibility index (Phi) is 7.48. The molecule has 2 aromatic rings. The van der Waals surface area contributed by atoms with Gasteiger partial charge < -0.3 is 5.32 Å². The van der Waals surface area contributed by atoms with Crippen molar-refractivity contribution in [3.8, 4) is 0 Å². The maximum absolute atomic E-state index is 3.95. The van der Waals surface area contributed by atoms with Crippen LogP contribution in [-0.2, 0) is 6.42 Å². The van der Waals surface area contributed by atoms with Crippen LogP contribution < -0.4 is 5.32 Å². The van der Waals surface area contributed by atoms with Gasteiger partial charge in [-0.15, -0.1) is 22.7 Å². The van der Waals surface area contributed by atoms with E-state index in [-0.39, 0.29) is 0 Å². The van der Waals surface area contributed by atoms with Gasteiger partial charge in [-0.25, -0.2) is 0 Å². The molecular weight excluding hydrogens is 294 g/mol. The Hall–Kier alpha value is -0.640. The van der Waals surface area contributed by atoms with Gasteiger partial charge in [0.15, 0.2) is 0 Å². The van der Waals surface area contributed by atoms with E-state index in [9.17, 15) is 0 Å². The summed E-state index contributed by atoms with van der Waals surface area (Å²) < 4.78 is 0. The Labute approximate surface area is 137 Å². The van der Waals surface area contributed by atoms with Gasteiger partial charge >= 0.3 is 0 Å². The lowest BCUT2D eigenvalue weighted by Crippen LogP contribution is -2.33. The molecule has 0 aliphatic heterocycles. The molecule has 116 valence electrons. The third-order valence-electron chi connectivity index (χ3n) is 3.85. The molecule has 21 heavy (non-hydrogen) atoms. The Morgan fingerprint density at radius 2 is 1.81 bits per heavy atom. The van der Waals surface area contributed by atoms with Crippen LogP contribution >= 0.6 is 22.7 Å². The van der Waals surface area contributed by atoms with E-state index in [0.717, 1.165) is 6.42 Å². The molecule has 1 nitrogen and oxygen atoms in total. The molecule has 3 heteroatoms. The Balaban J connectivity index is 2.03. The van der Waals surface area contributed by atoms with Crippen molar-refractivity contribution in [1.29, 1.82) is 0 Å². The van der Waals surface area contributed by atoms with E-state index in [4.69, 9.17) is 0 Å². The fourth-order valence-corrected chi connectivity index (χ4v) is 4.29. The van der Waals surface area contributed by atoms with Gasteiger partial charge in [0, 0.05) is 28.3 Å². The predicted molar refractivity (Wildman–Crippen MR) is 96.4 cm³/mol. The Morgan fingerprint density at radius 1 is 1.00 bits per heavy atom. The standard InChI is InChI=1S/C18H27NS2/c1-3-5-9-15(8-4-2)19-17(18-11-7-13-21-18)14-16-10-6-12-20-16/h6-7,10-13,15,17,19H,3-5,8-9,14H2,1-2H3. The molecule has 0 spiro atoms. The molecule has 0 aliphatic rings. The van der Waals surface area contributed by atoms with Crippen LogP contribution in [0.3, 0.4) is 0 Å². The minimum absolute atomic E-state index is 0.469. The van der Waals surface area contributed by atoms with Gasteiger partial charge in [-0.1, -0.05) is 45.2 Å². The van der Waals surface area contributed by atoms with E-state index in [1.165, 1.54) is 41.9 Å². The molecule has 2 aromatic heterocycles. The molecule has 2 rings (SSSR count). The minimum Gasteiger partial charge on any atom is -0.306 e. The van der Waals surface area contributed by atoms with E-state index in [2.05, 4.69) is 54.2 Å². The van der Waals surface area contributed by atoms with E-state index in [1.54, 1.807) is 0 Å². The average molecular weight is 322 g/mol. The Morgan fingerprint density at radius 3 is 2.43 bits per heavy atom. The van der Waals surface area contributed by atoms with Gasteiger partial charge in [-0.2, -0.15) is 0 Å². The average Bonchev–Trinajstić information content (AvgIpc) is 3.17. The third-order valence-corrected chi connectivity index (χ3v) is 5.74. The fraction of sp³-hybridized carbons (Fsp3) is 0.556. The second-order valence-corrected chi connectivity index (χ2v) is 7.66. The van der Waals surface area contributed by atoms with E-state index in [1.807, 2.05) is 22.7 Å². The van der Waals surface area contributed by atoms with Crippen molar-refractivity contribution >= 4 is 22.7 Å². The summed E-state index contributed by atoms with van der Waals surface area (Å²) in [5.74, 6) is 0. The highest BCUT2D eigenvalue weighted by molar-refractivity contribution is 7.10. The maximum Gasteiger partial charge on any atom is 0.0465 e. The van der Waals surface area contributed by atoms with Gasteiger partial charge in [-0.05, 0) is 35.7 Å². The molecule has 1 N–H and O–H groups in total. The van der Waals surface area contributed by atoms with Crippen molar-refractivity contribution in [2.45, 2.75) is 64.5 Å². The van der Waals surface area contributed by atoms with Crippen LogP contribution in [0, 0.1) is 0 Å². The maximum atomic E-state index is 3.95. The van der Waals surface area contributed by atoms with Crippen LogP contribution in [0.4, 0.5) is 0 Å². The fourth-order valence-electron chi connectivity index (χ4n) is 2.76. The smallest absolute Gasteiger partial charge is 0.0465 e. The van der Waals surface area contributed by atoms with Crippen molar-refractivity contribution in [2.75, 3.05) is 0 Å². The molecule has 0 amide bonds. The first-order valence-corrected chi connectivity index (χ1v) is 9.91. The summed E-state index contributed by atoms with van der Waals surface area (Å²) in [5, 5.41) is 8.32. The zero-order chi connectivity index (χ0) is 14.9. The zero-order valence-electron chi connectivity index (χ0n) is 13.2. The van der Waals surface area contributed by atoms with Gasteiger partial charge in [-0.3, -0.25) is 0 Å². The van der Waals surface area contributed by atoms with Crippen molar-refractivity contribution in [3.05, 3.63) is 44.8 Å². The largest absolute Gasteiger partial charge is 0.306 e. The van der Waals surface area contributed by atoms with Crippen molar-refractivity contribution < 1.29 is 0 Å². The summed E-state index contributed by atoms with van der Waals surface area (Å²) in [6.07, 6.45) is 7.58. The summed E-state index contributed by atoms with van der Waals surface area (Å²) in [7, 11) is 0. The lowest BCUT2D eigenvalue weighted by molar-refractivity contribution is 0.385. The SMILES string of the molecule is CCCCC(CCC)NC(Cc1cccs1)c1cccs1. The number of hydrogen-bond acceptors (Lipinski definition) is 3. The lowest BCUT2D eigenvalue weighted by Gasteiger charge is -2.25. The van der Waals surface area contributed by atoms with Crippen LogP contribution in [0.2, 0.25) is 0 Å². The van der Waals surface area contributed by atoms with E-state index >= 15 is 0 Å². The first-order valence-electron chi connectivity index (χ1n) is 8.15. The van der Waals surface area contributed by atoms with Crippen LogP contribution in [0.5, 0.6) is 0 Å². The van der Waals surface area contributed by atoms with E-state index in [0.29, 0.717) is 12.1 Å². The second kappa shape index (κ2) is 9.39. The predicted octanol–water partition coefficient (Wildman–Crippen LogP) is 6.04. The highest BCUT2D eigenvalue weighted by atomic mass is 32.1. The Bertz CT molecular complexity index is 461. The van der Waals surface area contributed by atoms with Crippen LogP contribution in [0.1, 0.15) is 61.7 Å². The molecule has 0 fully saturated rings. The summed E-state index contributed by atoms with van der Waals surface area (Å²) in [5.41, 5.74) is 0. The topological polar surface area (TPSA) is 12.0 Å². The molecule has 0 radical (unpaired) electrons. The minimum atomic E-state index is 0.469. The highest BCUT2D eigenvalue weighted by Crippen LogP contribution is 2.26. The summed E-state index contributed by atoms with van der Waals surface area (Å²) >= 11 is 3.75. The monoisotopic (exact) mass is 321 g/mol. The quantitative estimate of drug-likeness (QED) is 0.562. The molecular formula is C18H27NS2. The van der Waals surface area contributed by atoms with Gasteiger partial charge in [0.25, 0.3) is 0 Å². The van der Waals surface area contributed by atoms with Crippen LogP contribution in [-0.4, -0.2) is 6.04 Å². The molecule has 2 unspecified atom stereocenters. The highest BCUT2D eigenvalue weighted by Gasteiger charge is 2.18. The zero-order valence-corrected chi connectivity index (χ0v) is 14.8. The molecule has 2 atom stereocenters. The number of nitrogens with one attached hydrogen (secondary N) is 1. The third kappa shape index (κ3) is 5.57. The summed E-state index contributed by atoms with van der Waals surface area (Å²) in [6, 6.07) is 9.99. The molecule has 0 aliphatic carbocycles.